The van der Waals surface area contributed by atoms with Gasteiger partial charge in [-0.1, -0.05) is 18.2 Å². The molecule has 2 heterocycles. The molecule has 172 valence electrons. The van der Waals surface area contributed by atoms with Gasteiger partial charge >= 0.3 is 6.03 Å². The molecule has 0 unspecified atom stereocenters. The quantitative estimate of drug-likeness (QED) is 0.470. The Morgan fingerprint density at radius 1 is 1.19 bits per heavy atom. The number of hydrogen-bond acceptors (Lipinski definition) is 6. The number of nitrogens with zero attached hydrogens (tertiary/aromatic N) is 1. The highest BCUT2D eigenvalue weighted by atomic mass is 16.5. The number of anilines is 1. The Labute approximate surface area is 187 Å². The summed E-state index contributed by atoms with van der Waals surface area (Å²) >= 11 is 0. The van der Waals surface area contributed by atoms with Gasteiger partial charge in [-0.05, 0) is 43.5 Å². The van der Waals surface area contributed by atoms with Crippen LogP contribution in [0, 0.1) is 0 Å². The fourth-order valence-electron chi connectivity index (χ4n) is 3.69. The summed E-state index contributed by atoms with van der Waals surface area (Å²) in [6, 6.07) is 11.9. The summed E-state index contributed by atoms with van der Waals surface area (Å²) in [5.41, 5.74) is 1.28. The van der Waals surface area contributed by atoms with E-state index in [4.69, 9.17) is 9.47 Å². The second-order valence-electron chi connectivity index (χ2n) is 7.60. The van der Waals surface area contributed by atoms with Gasteiger partial charge < -0.3 is 30.5 Å². The van der Waals surface area contributed by atoms with E-state index in [1.807, 2.05) is 24.3 Å². The highest BCUT2D eigenvalue weighted by molar-refractivity contribution is 5.91. The van der Waals surface area contributed by atoms with Crippen molar-refractivity contribution in [2.45, 2.75) is 43.9 Å². The van der Waals surface area contributed by atoms with Crippen molar-refractivity contribution >= 4 is 17.6 Å². The Morgan fingerprint density at radius 2 is 2.00 bits per heavy atom. The molecule has 3 amide bonds. The Kier molecular flexibility index (Phi) is 8.82. The second-order valence-corrected chi connectivity index (χ2v) is 7.60. The standard InChI is InChI=1S/C23H30N4O5/c1-31-20-8-3-2-7-18(20)26-23(30)27-19-10-9-17(32-21(19)15-28)11-13-25-22(29)14-16-6-4-5-12-24-16/h2-8,12,17,19,21,28H,9-11,13-15H2,1H3,(H,25,29)(H2,26,27,30)/t17-,19-,21-/m0/s1. The van der Waals surface area contributed by atoms with Crippen molar-refractivity contribution in [2.24, 2.45) is 0 Å². The SMILES string of the molecule is COc1ccccc1NC(=O)N[C@H]1CC[C@@H](CCNC(=O)Cc2ccccn2)O[C@H]1CO. The van der Waals surface area contributed by atoms with Crippen LogP contribution in [-0.2, 0) is 16.0 Å². The summed E-state index contributed by atoms with van der Waals surface area (Å²) in [6.07, 6.45) is 3.29. The molecular formula is C23H30N4O5. The van der Waals surface area contributed by atoms with Crippen molar-refractivity contribution in [1.82, 2.24) is 15.6 Å². The smallest absolute Gasteiger partial charge is 0.319 e. The van der Waals surface area contributed by atoms with Gasteiger partial charge in [-0.15, -0.1) is 0 Å². The molecule has 0 bridgehead atoms. The van der Waals surface area contributed by atoms with Gasteiger partial charge in [0.15, 0.2) is 0 Å². The molecule has 2 aromatic rings. The van der Waals surface area contributed by atoms with Gasteiger partial charge in [0.05, 0.1) is 38.0 Å². The van der Waals surface area contributed by atoms with Crippen LogP contribution in [0.1, 0.15) is 25.0 Å². The summed E-state index contributed by atoms with van der Waals surface area (Å²) in [7, 11) is 1.54. The van der Waals surface area contributed by atoms with Crippen LogP contribution in [0.15, 0.2) is 48.7 Å². The van der Waals surface area contributed by atoms with Gasteiger partial charge in [0.2, 0.25) is 5.91 Å². The first-order chi connectivity index (χ1) is 15.6. The fraction of sp³-hybridized carbons (Fsp3) is 0.435. The molecule has 1 aromatic carbocycles. The van der Waals surface area contributed by atoms with Gasteiger partial charge in [0, 0.05) is 18.4 Å². The number of carbonyl (C=O) groups is 2. The molecule has 1 aliphatic heterocycles. The van der Waals surface area contributed by atoms with Crippen molar-refractivity contribution in [3.63, 3.8) is 0 Å². The van der Waals surface area contributed by atoms with E-state index < -0.39 is 6.10 Å². The lowest BCUT2D eigenvalue weighted by molar-refractivity contribution is -0.121. The molecule has 0 aliphatic carbocycles. The minimum Gasteiger partial charge on any atom is -0.495 e. The number of urea groups is 1. The first-order valence-corrected chi connectivity index (χ1v) is 10.7. The van der Waals surface area contributed by atoms with Crippen LogP contribution in [0.5, 0.6) is 5.75 Å². The van der Waals surface area contributed by atoms with E-state index in [9.17, 15) is 14.7 Å². The normalized spacial score (nSPS) is 20.2. The number of nitrogens with one attached hydrogen (secondary N) is 3. The Bertz CT molecular complexity index is 880. The van der Waals surface area contributed by atoms with Gasteiger partial charge in [-0.3, -0.25) is 9.78 Å². The summed E-state index contributed by atoms with van der Waals surface area (Å²) in [6.45, 7) is 0.267. The molecular weight excluding hydrogens is 412 g/mol. The average molecular weight is 443 g/mol. The molecule has 0 saturated carbocycles. The number of hydrogen-bond donors (Lipinski definition) is 4. The molecule has 0 radical (unpaired) electrons. The topological polar surface area (TPSA) is 122 Å². The van der Waals surface area contributed by atoms with Crippen LogP contribution in [0.2, 0.25) is 0 Å². The third-order valence-corrected chi connectivity index (χ3v) is 5.32. The molecule has 9 nitrogen and oxygen atoms in total. The number of ether oxygens (including phenoxy) is 2. The number of para-hydroxylation sites is 2. The van der Waals surface area contributed by atoms with E-state index in [0.717, 1.165) is 5.69 Å². The van der Waals surface area contributed by atoms with E-state index in [1.165, 1.54) is 7.11 Å². The minimum absolute atomic E-state index is 0.0919. The number of amides is 3. The largest absolute Gasteiger partial charge is 0.495 e. The number of rotatable bonds is 9. The molecule has 0 spiro atoms. The van der Waals surface area contributed by atoms with Crippen molar-refractivity contribution in [1.29, 1.82) is 0 Å². The molecule has 3 atom stereocenters. The van der Waals surface area contributed by atoms with Crippen LogP contribution in [0.25, 0.3) is 0 Å². The molecule has 1 aliphatic rings. The van der Waals surface area contributed by atoms with Gasteiger partial charge in [-0.2, -0.15) is 0 Å². The van der Waals surface area contributed by atoms with E-state index in [1.54, 1.807) is 24.4 Å². The van der Waals surface area contributed by atoms with Crippen molar-refractivity contribution in [3.05, 3.63) is 54.4 Å². The van der Waals surface area contributed by atoms with Crippen LogP contribution >= 0.6 is 0 Å². The molecule has 1 saturated heterocycles. The molecule has 9 heteroatoms. The lowest BCUT2D eigenvalue weighted by Crippen LogP contribution is -2.52. The number of benzene rings is 1. The lowest BCUT2D eigenvalue weighted by atomic mass is 9.97. The van der Waals surface area contributed by atoms with Crippen LogP contribution in [-0.4, -0.2) is 60.5 Å². The maximum atomic E-state index is 12.4. The zero-order valence-corrected chi connectivity index (χ0v) is 18.1. The fourth-order valence-corrected chi connectivity index (χ4v) is 3.69. The summed E-state index contributed by atoms with van der Waals surface area (Å²) in [5.74, 6) is 0.470. The number of aromatic nitrogens is 1. The van der Waals surface area contributed by atoms with Gasteiger partial charge in [0.1, 0.15) is 11.9 Å². The highest BCUT2D eigenvalue weighted by Gasteiger charge is 2.31. The monoisotopic (exact) mass is 442 g/mol. The zero-order chi connectivity index (χ0) is 22.8. The number of methoxy groups -OCH3 is 1. The predicted molar refractivity (Wildman–Crippen MR) is 119 cm³/mol. The first kappa shape index (κ1) is 23.5. The third kappa shape index (κ3) is 6.93. The molecule has 4 N–H and O–H groups in total. The first-order valence-electron chi connectivity index (χ1n) is 10.7. The third-order valence-electron chi connectivity index (χ3n) is 5.32. The van der Waals surface area contributed by atoms with E-state index in [2.05, 4.69) is 20.9 Å². The Balaban J connectivity index is 1.41. The predicted octanol–water partition coefficient (Wildman–Crippen LogP) is 1.87. The van der Waals surface area contributed by atoms with E-state index in [-0.39, 0.29) is 37.1 Å². The maximum absolute atomic E-state index is 12.4. The van der Waals surface area contributed by atoms with Crippen molar-refractivity contribution in [3.8, 4) is 5.75 Å². The van der Waals surface area contributed by atoms with Crippen molar-refractivity contribution < 1.29 is 24.2 Å². The van der Waals surface area contributed by atoms with Crippen molar-refractivity contribution in [2.75, 3.05) is 25.6 Å². The molecule has 1 aromatic heterocycles. The summed E-state index contributed by atoms with van der Waals surface area (Å²) in [5, 5.41) is 18.3. The number of aliphatic hydroxyl groups excluding tert-OH is 1. The molecule has 32 heavy (non-hydrogen) atoms. The number of aliphatic hydroxyl groups is 1. The minimum atomic E-state index is -0.513. The number of pyridine rings is 1. The Hall–Kier alpha value is -3.17. The Morgan fingerprint density at radius 3 is 2.75 bits per heavy atom. The summed E-state index contributed by atoms with van der Waals surface area (Å²) in [4.78, 5) is 28.6. The number of carbonyl (C=O) groups excluding carboxylic acids is 2. The van der Waals surface area contributed by atoms with Crippen LogP contribution in [0.3, 0.4) is 0 Å². The van der Waals surface area contributed by atoms with E-state index in [0.29, 0.717) is 37.2 Å². The van der Waals surface area contributed by atoms with E-state index >= 15 is 0 Å². The van der Waals surface area contributed by atoms with Crippen LogP contribution < -0.4 is 20.7 Å². The van der Waals surface area contributed by atoms with Gasteiger partial charge in [-0.25, -0.2) is 4.79 Å². The highest BCUT2D eigenvalue weighted by Crippen LogP contribution is 2.24. The summed E-state index contributed by atoms with van der Waals surface area (Å²) < 4.78 is 11.2. The second kappa shape index (κ2) is 12.0. The lowest BCUT2D eigenvalue weighted by Gasteiger charge is -2.36. The molecule has 1 fully saturated rings. The maximum Gasteiger partial charge on any atom is 0.319 e. The molecule has 3 rings (SSSR count). The van der Waals surface area contributed by atoms with Gasteiger partial charge in [0.25, 0.3) is 0 Å². The average Bonchev–Trinajstić information content (AvgIpc) is 2.81. The van der Waals surface area contributed by atoms with Crippen LogP contribution in [0.4, 0.5) is 10.5 Å². The zero-order valence-electron chi connectivity index (χ0n) is 18.1.